The summed E-state index contributed by atoms with van der Waals surface area (Å²) in [5.74, 6) is 0.647. The van der Waals surface area contributed by atoms with Crippen molar-refractivity contribution >= 4 is 44.9 Å². The van der Waals surface area contributed by atoms with Crippen LogP contribution in [0.2, 0.25) is 0 Å². The maximum Gasteiger partial charge on any atom is 0.282 e. The Morgan fingerprint density at radius 3 is 2.49 bits per heavy atom. The molecule has 7 nitrogen and oxygen atoms in total. The lowest BCUT2D eigenvalue weighted by atomic mass is 10.1. The topological polar surface area (TPSA) is 82.4 Å². The van der Waals surface area contributed by atoms with E-state index in [9.17, 15) is 9.59 Å². The summed E-state index contributed by atoms with van der Waals surface area (Å²) in [6, 6.07) is 24.3. The molecular formula is C28H20N4O3. The van der Waals surface area contributed by atoms with Crippen LogP contribution in [0.25, 0.3) is 44.4 Å². The van der Waals surface area contributed by atoms with Crippen LogP contribution in [-0.2, 0) is 0 Å². The number of aromatic nitrogens is 3. The summed E-state index contributed by atoms with van der Waals surface area (Å²) in [5.41, 5.74) is 3.24. The highest BCUT2D eigenvalue weighted by molar-refractivity contribution is 6.05. The summed E-state index contributed by atoms with van der Waals surface area (Å²) >= 11 is 0. The van der Waals surface area contributed by atoms with Crippen LogP contribution < -0.4 is 5.56 Å². The van der Waals surface area contributed by atoms with Gasteiger partial charge in [0, 0.05) is 29.0 Å². The first kappa shape index (κ1) is 20.8. The van der Waals surface area contributed by atoms with Crippen LogP contribution in [0.3, 0.4) is 0 Å². The SMILES string of the molecule is CC(=O)n1c(C)c(C=Nn2c(-c3cc4ccccc4o3)nc3ccccc3c2=O)c2ccccc21. The van der Waals surface area contributed by atoms with Crippen molar-refractivity contribution in [1.82, 2.24) is 14.2 Å². The summed E-state index contributed by atoms with van der Waals surface area (Å²) in [7, 11) is 0. The van der Waals surface area contributed by atoms with Crippen molar-refractivity contribution < 1.29 is 9.21 Å². The van der Waals surface area contributed by atoms with Crippen molar-refractivity contribution in [3.8, 4) is 11.6 Å². The van der Waals surface area contributed by atoms with Crippen molar-refractivity contribution in [3.05, 3.63) is 100 Å². The predicted octanol–water partition coefficient (Wildman–Crippen LogP) is 5.62. The van der Waals surface area contributed by atoms with Crippen LogP contribution in [0.1, 0.15) is 23.0 Å². The minimum atomic E-state index is -0.310. The Labute approximate surface area is 199 Å². The maximum absolute atomic E-state index is 13.5. The van der Waals surface area contributed by atoms with Gasteiger partial charge in [0.15, 0.2) is 5.76 Å². The largest absolute Gasteiger partial charge is 0.453 e. The first-order valence-corrected chi connectivity index (χ1v) is 11.2. The Kier molecular flexibility index (Phi) is 4.70. The molecule has 6 aromatic rings. The molecule has 0 N–H and O–H groups in total. The monoisotopic (exact) mass is 460 g/mol. The van der Waals surface area contributed by atoms with E-state index in [1.807, 2.05) is 67.6 Å². The maximum atomic E-state index is 13.5. The third kappa shape index (κ3) is 3.28. The molecule has 0 aliphatic carbocycles. The zero-order valence-electron chi connectivity index (χ0n) is 19.1. The summed E-state index contributed by atoms with van der Waals surface area (Å²) in [4.78, 5) is 30.6. The Hall–Kier alpha value is -4.78. The van der Waals surface area contributed by atoms with Gasteiger partial charge in [-0.2, -0.15) is 9.78 Å². The van der Waals surface area contributed by atoms with Crippen LogP contribution in [0.15, 0.2) is 93.2 Å². The van der Waals surface area contributed by atoms with Gasteiger partial charge in [-0.1, -0.05) is 48.5 Å². The van der Waals surface area contributed by atoms with E-state index in [0.29, 0.717) is 28.1 Å². The molecule has 0 atom stereocenters. The zero-order chi connectivity index (χ0) is 24.1. The lowest BCUT2D eigenvalue weighted by Crippen LogP contribution is -2.20. The Bertz CT molecular complexity index is 1840. The second-order valence-corrected chi connectivity index (χ2v) is 8.33. The highest BCUT2D eigenvalue weighted by atomic mass is 16.3. The molecule has 3 aromatic carbocycles. The van der Waals surface area contributed by atoms with Gasteiger partial charge in [-0.3, -0.25) is 14.2 Å². The number of furan rings is 1. The number of carbonyl (C=O) groups is 1. The fourth-order valence-corrected chi connectivity index (χ4v) is 4.56. The molecule has 0 aliphatic rings. The van der Waals surface area contributed by atoms with Crippen LogP contribution in [0.5, 0.6) is 0 Å². The average Bonchev–Trinajstić information content (AvgIpc) is 3.42. The summed E-state index contributed by atoms with van der Waals surface area (Å²) < 4.78 is 8.95. The third-order valence-electron chi connectivity index (χ3n) is 6.18. The van der Waals surface area contributed by atoms with Gasteiger partial charge in [0.2, 0.25) is 11.7 Å². The van der Waals surface area contributed by atoms with Gasteiger partial charge in [0.05, 0.1) is 22.6 Å². The second kappa shape index (κ2) is 7.92. The van der Waals surface area contributed by atoms with Gasteiger partial charge < -0.3 is 4.42 Å². The Morgan fingerprint density at radius 1 is 0.971 bits per heavy atom. The Morgan fingerprint density at radius 2 is 1.69 bits per heavy atom. The number of para-hydroxylation sites is 3. The molecule has 35 heavy (non-hydrogen) atoms. The van der Waals surface area contributed by atoms with Crippen molar-refractivity contribution in [2.75, 3.05) is 0 Å². The normalized spacial score (nSPS) is 11.8. The van der Waals surface area contributed by atoms with E-state index in [1.54, 1.807) is 29.0 Å². The molecule has 0 saturated heterocycles. The predicted molar refractivity (Wildman–Crippen MR) is 137 cm³/mol. The second-order valence-electron chi connectivity index (χ2n) is 8.33. The van der Waals surface area contributed by atoms with E-state index in [0.717, 1.165) is 27.5 Å². The van der Waals surface area contributed by atoms with Gasteiger partial charge in [-0.05, 0) is 37.3 Å². The van der Waals surface area contributed by atoms with E-state index in [4.69, 9.17) is 9.40 Å². The number of fused-ring (bicyclic) bond motifs is 3. The van der Waals surface area contributed by atoms with Crippen LogP contribution in [0, 0.1) is 6.92 Å². The molecular weight excluding hydrogens is 440 g/mol. The van der Waals surface area contributed by atoms with Crippen molar-refractivity contribution in [2.24, 2.45) is 5.10 Å². The van der Waals surface area contributed by atoms with E-state index < -0.39 is 0 Å². The van der Waals surface area contributed by atoms with Crippen molar-refractivity contribution in [3.63, 3.8) is 0 Å². The molecule has 0 amide bonds. The van der Waals surface area contributed by atoms with E-state index in [-0.39, 0.29) is 11.5 Å². The number of hydrogen-bond donors (Lipinski definition) is 0. The van der Waals surface area contributed by atoms with Gasteiger partial charge >= 0.3 is 0 Å². The van der Waals surface area contributed by atoms with E-state index in [1.165, 1.54) is 11.6 Å². The number of rotatable bonds is 3. The van der Waals surface area contributed by atoms with Crippen LogP contribution in [-0.4, -0.2) is 26.3 Å². The number of nitrogens with zero attached hydrogens (tertiary/aromatic N) is 4. The molecule has 0 bridgehead atoms. The quantitative estimate of drug-likeness (QED) is 0.321. The molecule has 6 rings (SSSR count). The molecule has 0 unspecified atom stereocenters. The highest BCUT2D eigenvalue weighted by Gasteiger charge is 2.18. The lowest BCUT2D eigenvalue weighted by molar-refractivity contribution is 0.0939. The third-order valence-corrected chi connectivity index (χ3v) is 6.18. The van der Waals surface area contributed by atoms with Crippen molar-refractivity contribution in [2.45, 2.75) is 13.8 Å². The fourth-order valence-electron chi connectivity index (χ4n) is 4.56. The molecule has 7 heteroatoms. The van der Waals surface area contributed by atoms with E-state index >= 15 is 0 Å². The Balaban J connectivity index is 1.61. The first-order chi connectivity index (χ1) is 17.0. The molecule has 0 spiro atoms. The molecule has 0 aliphatic heterocycles. The minimum absolute atomic E-state index is 0.0918. The van der Waals surface area contributed by atoms with Crippen LogP contribution in [0.4, 0.5) is 0 Å². The highest BCUT2D eigenvalue weighted by Crippen LogP contribution is 2.28. The summed E-state index contributed by atoms with van der Waals surface area (Å²) in [5, 5.41) is 6.81. The smallest absolute Gasteiger partial charge is 0.282 e. The van der Waals surface area contributed by atoms with Gasteiger partial charge in [0.1, 0.15) is 5.58 Å². The summed E-state index contributed by atoms with van der Waals surface area (Å²) in [6.07, 6.45) is 1.61. The molecule has 0 fully saturated rings. The molecule has 3 aromatic heterocycles. The number of benzene rings is 3. The number of carbonyl (C=O) groups excluding carboxylic acids is 1. The minimum Gasteiger partial charge on any atom is -0.453 e. The van der Waals surface area contributed by atoms with Crippen LogP contribution >= 0.6 is 0 Å². The number of hydrogen-bond acceptors (Lipinski definition) is 5. The van der Waals surface area contributed by atoms with Crippen molar-refractivity contribution in [1.29, 1.82) is 0 Å². The molecule has 0 radical (unpaired) electrons. The van der Waals surface area contributed by atoms with Gasteiger partial charge in [0.25, 0.3) is 5.56 Å². The first-order valence-electron chi connectivity index (χ1n) is 11.2. The van der Waals surface area contributed by atoms with Gasteiger partial charge in [-0.25, -0.2) is 4.98 Å². The molecule has 3 heterocycles. The lowest BCUT2D eigenvalue weighted by Gasteiger charge is -2.07. The van der Waals surface area contributed by atoms with E-state index in [2.05, 4.69) is 5.10 Å². The molecule has 0 saturated carbocycles. The molecule has 170 valence electrons. The fraction of sp³-hybridized carbons (Fsp3) is 0.0714. The zero-order valence-corrected chi connectivity index (χ0v) is 19.1. The summed E-state index contributed by atoms with van der Waals surface area (Å²) in [6.45, 7) is 3.39. The standard InChI is InChI=1S/C28H20N4O3/c1-17-22(20-10-5-7-13-24(20)31(17)18(2)33)16-29-32-27(26-15-19-9-3-8-14-25(19)35-26)30-23-12-6-4-11-21(23)28(32)34/h3-16H,1-2H3. The average molecular weight is 460 g/mol. The van der Waals surface area contributed by atoms with Gasteiger partial charge in [-0.15, -0.1) is 0 Å².